The van der Waals surface area contributed by atoms with Gasteiger partial charge < -0.3 is 0 Å². The van der Waals surface area contributed by atoms with Crippen molar-refractivity contribution in [3.05, 3.63) is 10.4 Å². The van der Waals surface area contributed by atoms with Gasteiger partial charge in [0.1, 0.15) is 0 Å². The molecule has 0 aliphatic rings. The van der Waals surface area contributed by atoms with Crippen LogP contribution >= 0.6 is 0 Å². The minimum atomic E-state index is -0.732. The number of rotatable bonds is 6. The van der Waals surface area contributed by atoms with Crippen LogP contribution in [-0.4, -0.2) is 11.2 Å². The SMILES string of the molecule is CC(C)CC(CC(C)C)(N=NC(C)(C)C)N=[N+]=[N-]. The molecule has 5 nitrogen and oxygen atoms in total. The van der Waals surface area contributed by atoms with Crippen molar-refractivity contribution in [3.63, 3.8) is 0 Å². The molecule has 18 heavy (non-hydrogen) atoms. The van der Waals surface area contributed by atoms with E-state index in [-0.39, 0.29) is 5.54 Å². The predicted molar refractivity (Wildman–Crippen MR) is 75.4 cm³/mol. The first kappa shape index (κ1) is 16.9. The van der Waals surface area contributed by atoms with Gasteiger partial charge in [-0.05, 0) is 51.0 Å². The van der Waals surface area contributed by atoms with Crippen LogP contribution < -0.4 is 0 Å². The Hall–Kier alpha value is -1.09. The largest absolute Gasteiger partial charge is 0.188 e. The minimum absolute atomic E-state index is 0.246. The highest BCUT2D eigenvalue weighted by atomic mass is 15.3. The molecule has 0 unspecified atom stereocenters. The highest BCUT2D eigenvalue weighted by Crippen LogP contribution is 2.32. The first-order valence-electron chi connectivity index (χ1n) is 6.60. The average molecular weight is 253 g/mol. The van der Waals surface area contributed by atoms with Crippen LogP contribution in [0.4, 0.5) is 0 Å². The molecule has 0 bridgehead atoms. The molecule has 0 fully saturated rings. The Bertz CT molecular complexity index is 309. The van der Waals surface area contributed by atoms with E-state index >= 15 is 0 Å². The molecule has 0 aliphatic heterocycles. The monoisotopic (exact) mass is 253 g/mol. The summed E-state index contributed by atoms with van der Waals surface area (Å²) >= 11 is 0. The first-order chi connectivity index (χ1) is 8.10. The third-order valence-corrected chi connectivity index (χ3v) is 2.24. The maximum atomic E-state index is 8.81. The molecule has 0 radical (unpaired) electrons. The Kier molecular flexibility index (Phi) is 6.33. The molecule has 0 aliphatic carbocycles. The number of nitrogens with zero attached hydrogens (tertiary/aromatic N) is 5. The van der Waals surface area contributed by atoms with Gasteiger partial charge >= 0.3 is 0 Å². The number of hydrogen-bond donors (Lipinski definition) is 0. The van der Waals surface area contributed by atoms with E-state index in [9.17, 15) is 0 Å². The summed E-state index contributed by atoms with van der Waals surface area (Å²) < 4.78 is 0. The molecule has 0 saturated heterocycles. The van der Waals surface area contributed by atoms with Gasteiger partial charge in [-0.2, -0.15) is 10.2 Å². The van der Waals surface area contributed by atoms with Crippen molar-refractivity contribution in [2.24, 2.45) is 27.2 Å². The molecule has 0 amide bonds. The molecule has 0 rings (SSSR count). The summed E-state index contributed by atoms with van der Waals surface area (Å²) in [5.41, 5.74) is 7.84. The van der Waals surface area contributed by atoms with Crippen molar-refractivity contribution in [2.45, 2.75) is 72.5 Å². The van der Waals surface area contributed by atoms with Gasteiger partial charge in [-0.1, -0.05) is 32.8 Å². The number of azide groups is 1. The van der Waals surface area contributed by atoms with Crippen LogP contribution in [0.25, 0.3) is 10.4 Å². The van der Waals surface area contributed by atoms with E-state index in [1.807, 2.05) is 20.8 Å². The lowest BCUT2D eigenvalue weighted by molar-refractivity contribution is 0.273. The molecular formula is C13H27N5. The fraction of sp³-hybridized carbons (Fsp3) is 1.00. The second kappa shape index (κ2) is 6.74. The van der Waals surface area contributed by atoms with Crippen molar-refractivity contribution >= 4 is 0 Å². The zero-order chi connectivity index (χ0) is 14.4. The van der Waals surface area contributed by atoms with E-state index in [1.165, 1.54) is 0 Å². The zero-order valence-corrected chi connectivity index (χ0v) is 12.8. The van der Waals surface area contributed by atoms with E-state index in [4.69, 9.17) is 5.53 Å². The van der Waals surface area contributed by atoms with Crippen molar-refractivity contribution in [3.8, 4) is 0 Å². The average Bonchev–Trinajstić information content (AvgIpc) is 2.12. The Morgan fingerprint density at radius 1 is 0.944 bits per heavy atom. The highest BCUT2D eigenvalue weighted by molar-refractivity contribution is 4.88. The lowest BCUT2D eigenvalue weighted by atomic mass is 9.90. The normalized spacial score (nSPS) is 13.4. The second-order valence-electron chi connectivity index (χ2n) is 6.74. The standard InChI is InChI=1S/C13H27N5/c1-10(2)8-13(17-18-14,9-11(3)4)16-15-12(5,6)7/h10-11H,8-9H2,1-7H3. The van der Waals surface area contributed by atoms with E-state index in [2.05, 4.69) is 47.9 Å². The van der Waals surface area contributed by atoms with Crippen LogP contribution in [-0.2, 0) is 0 Å². The van der Waals surface area contributed by atoms with Crippen molar-refractivity contribution in [1.29, 1.82) is 0 Å². The quantitative estimate of drug-likeness (QED) is 0.348. The van der Waals surface area contributed by atoms with Crippen molar-refractivity contribution in [2.75, 3.05) is 0 Å². The molecule has 0 aromatic heterocycles. The lowest BCUT2D eigenvalue weighted by Crippen LogP contribution is -2.28. The smallest absolute Gasteiger partial charge is 0.160 e. The summed E-state index contributed by atoms with van der Waals surface area (Å²) in [5, 5.41) is 12.7. The van der Waals surface area contributed by atoms with Crippen LogP contribution in [0.1, 0.15) is 61.3 Å². The van der Waals surface area contributed by atoms with E-state index in [1.54, 1.807) is 0 Å². The van der Waals surface area contributed by atoms with Crippen LogP contribution in [0.15, 0.2) is 15.3 Å². The summed E-state index contributed by atoms with van der Waals surface area (Å²) in [5.74, 6) is 0.821. The van der Waals surface area contributed by atoms with E-state index < -0.39 is 5.66 Å². The molecule has 0 saturated carbocycles. The Morgan fingerprint density at radius 3 is 1.67 bits per heavy atom. The molecule has 5 heteroatoms. The maximum Gasteiger partial charge on any atom is 0.160 e. The zero-order valence-electron chi connectivity index (χ0n) is 12.8. The van der Waals surface area contributed by atoms with Crippen LogP contribution in [0, 0.1) is 11.8 Å². The van der Waals surface area contributed by atoms with E-state index in [0.717, 1.165) is 12.8 Å². The first-order valence-corrected chi connectivity index (χ1v) is 6.60. The van der Waals surface area contributed by atoms with Crippen LogP contribution in [0.3, 0.4) is 0 Å². The fourth-order valence-corrected chi connectivity index (χ4v) is 1.90. The molecule has 104 valence electrons. The van der Waals surface area contributed by atoms with Crippen molar-refractivity contribution < 1.29 is 0 Å². The third kappa shape index (κ3) is 7.28. The molecule has 0 heterocycles. The Morgan fingerprint density at radius 2 is 1.39 bits per heavy atom. The summed E-state index contributed by atoms with van der Waals surface area (Å²) in [7, 11) is 0. The Labute approximate surface area is 111 Å². The highest BCUT2D eigenvalue weighted by Gasteiger charge is 2.31. The van der Waals surface area contributed by atoms with E-state index in [0.29, 0.717) is 11.8 Å². The third-order valence-electron chi connectivity index (χ3n) is 2.24. The van der Waals surface area contributed by atoms with Crippen LogP contribution in [0.5, 0.6) is 0 Å². The maximum absolute atomic E-state index is 8.81. The van der Waals surface area contributed by atoms with Gasteiger partial charge in [0.15, 0.2) is 5.66 Å². The van der Waals surface area contributed by atoms with Gasteiger partial charge in [-0.3, -0.25) is 0 Å². The Balaban J connectivity index is 5.31. The van der Waals surface area contributed by atoms with Gasteiger partial charge in [0.05, 0.1) is 5.54 Å². The number of hydrogen-bond acceptors (Lipinski definition) is 3. The molecule has 0 aromatic carbocycles. The molecule has 0 spiro atoms. The fourth-order valence-electron chi connectivity index (χ4n) is 1.90. The number of azo groups is 1. The summed E-state index contributed by atoms with van der Waals surface area (Å²) in [6, 6.07) is 0. The topological polar surface area (TPSA) is 73.5 Å². The summed E-state index contributed by atoms with van der Waals surface area (Å²) in [6.07, 6.45) is 1.46. The summed E-state index contributed by atoms with van der Waals surface area (Å²) in [6.45, 7) is 14.4. The predicted octanol–water partition coefficient (Wildman–Crippen LogP) is 5.34. The lowest BCUT2D eigenvalue weighted by Gasteiger charge is -2.28. The van der Waals surface area contributed by atoms with Crippen LogP contribution in [0.2, 0.25) is 0 Å². The molecular weight excluding hydrogens is 226 g/mol. The van der Waals surface area contributed by atoms with Gasteiger partial charge in [-0.25, -0.2) is 0 Å². The minimum Gasteiger partial charge on any atom is -0.188 e. The van der Waals surface area contributed by atoms with Crippen molar-refractivity contribution in [1.82, 2.24) is 0 Å². The molecule has 0 atom stereocenters. The van der Waals surface area contributed by atoms with Gasteiger partial charge in [-0.15, -0.1) is 0 Å². The van der Waals surface area contributed by atoms with Gasteiger partial charge in [0.25, 0.3) is 0 Å². The molecule has 0 N–H and O–H groups in total. The summed E-state index contributed by atoms with van der Waals surface area (Å²) in [4.78, 5) is 2.99. The van der Waals surface area contributed by atoms with Gasteiger partial charge in [0, 0.05) is 4.91 Å². The molecule has 0 aromatic rings. The van der Waals surface area contributed by atoms with Gasteiger partial charge in [0.2, 0.25) is 0 Å². The second-order valence-corrected chi connectivity index (χ2v) is 6.74.